The van der Waals surface area contributed by atoms with Crippen molar-refractivity contribution in [1.82, 2.24) is 0 Å². The van der Waals surface area contributed by atoms with E-state index < -0.39 is 23.8 Å². The molecule has 0 aliphatic rings. The largest absolute Gasteiger partial charge is 0.303 e. The standard InChI is InChI=1S/C8H8O5/c9-4-1-2-6(11)8(13)7(12)3-5-10/h4-5H,1-3H2. The van der Waals surface area contributed by atoms with Gasteiger partial charge in [-0.1, -0.05) is 0 Å². The van der Waals surface area contributed by atoms with Crippen molar-refractivity contribution < 1.29 is 24.0 Å². The molecule has 0 aromatic carbocycles. The lowest BCUT2D eigenvalue weighted by Gasteiger charge is -1.92. The Morgan fingerprint density at radius 3 is 2.00 bits per heavy atom. The van der Waals surface area contributed by atoms with Crippen molar-refractivity contribution in [1.29, 1.82) is 0 Å². The molecule has 0 radical (unpaired) electrons. The van der Waals surface area contributed by atoms with Gasteiger partial charge < -0.3 is 9.59 Å². The first kappa shape index (κ1) is 11.4. The lowest BCUT2D eigenvalue weighted by molar-refractivity contribution is -0.144. The third-order valence-electron chi connectivity index (χ3n) is 1.26. The lowest BCUT2D eigenvalue weighted by atomic mass is 10.1. The van der Waals surface area contributed by atoms with Crippen molar-refractivity contribution in [3.63, 3.8) is 0 Å². The number of ketones is 3. The van der Waals surface area contributed by atoms with Gasteiger partial charge in [0.2, 0.25) is 11.6 Å². The molecule has 0 amide bonds. The molecule has 0 saturated carbocycles. The minimum Gasteiger partial charge on any atom is -0.303 e. The summed E-state index contributed by atoms with van der Waals surface area (Å²) in [6.07, 6.45) is -0.194. The Balaban J connectivity index is 4.09. The molecule has 0 aromatic heterocycles. The Morgan fingerprint density at radius 1 is 0.923 bits per heavy atom. The van der Waals surface area contributed by atoms with E-state index in [4.69, 9.17) is 0 Å². The van der Waals surface area contributed by atoms with Crippen LogP contribution >= 0.6 is 0 Å². The van der Waals surface area contributed by atoms with Crippen molar-refractivity contribution in [2.24, 2.45) is 0 Å². The van der Waals surface area contributed by atoms with Gasteiger partial charge in [-0.05, 0) is 0 Å². The van der Waals surface area contributed by atoms with Crippen LogP contribution in [0.5, 0.6) is 0 Å². The Kier molecular flexibility index (Phi) is 5.18. The average molecular weight is 184 g/mol. The monoisotopic (exact) mass is 184 g/mol. The molecule has 0 heterocycles. The number of rotatable bonds is 7. The summed E-state index contributed by atoms with van der Waals surface area (Å²) in [7, 11) is 0. The number of hydrogen-bond acceptors (Lipinski definition) is 5. The maximum atomic E-state index is 10.8. The zero-order valence-corrected chi connectivity index (χ0v) is 6.82. The molecule has 5 heteroatoms. The maximum absolute atomic E-state index is 10.8. The van der Waals surface area contributed by atoms with Crippen LogP contribution in [-0.4, -0.2) is 29.9 Å². The first-order valence-corrected chi connectivity index (χ1v) is 3.61. The van der Waals surface area contributed by atoms with Crippen LogP contribution in [-0.2, 0) is 24.0 Å². The average Bonchev–Trinajstić information content (AvgIpc) is 2.13. The van der Waals surface area contributed by atoms with Gasteiger partial charge in [0.05, 0.1) is 6.42 Å². The third kappa shape index (κ3) is 4.05. The predicted octanol–water partition coefficient (Wildman–Crippen LogP) is -0.738. The molecular weight excluding hydrogens is 176 g/mol. The summed E-state index contributed by atoms with van der Waals surface area (Å²) in [5.41, 5.74) is 0. The Bertz CT molecular complexity index is 253. The maximum Gasteiger partial charge on any atom is 0.264 e. The molecular formula is C8H8O5. The molecule has 0 aliphatic heterocycles. The van der Waals surface area contributed by atoms with E-state index in [-0.39, 0.29) is 19.1 Å². The number of Topliss-reactive ketones (excluding diaryl/α,β-unsaturated/α-hetero) is 3. The highest BCUT2D eigenvalue weighted by Gasteiger charge is 2.20. The predicted molar refractivity (Wildman–Crippen MR) is 41.0 cm³/mol. The molecule has 0 spiro atoms. The topological polar surface area (TPSA) is 85.3 Å². The van der Waals surface area contributed by atoms with E-state index in [9.17, 15) is 24.0 Å². The molecule has 0 unspecified atom stereocenters. The molecule has 70 valence electrons. The highest BCUT2D eigenvalue weighted by Crippen LogP contribution is 1.92. The van der Waals surface area contributed by atoms with Gasteiger partial charge in [-0.25, -0.2) is 0 Å². The van der Waals surface area contributed by atoms with E-state index in [0.717, 1.165) is 0 Å². The fourth-order valence-electron chi connectivity index (χ4n) is 0.627. The minimum atomic E-state index is -1.20. The van der Waals surface area contributed by atoms with Crippen molar-refractivity contribution in [2.75, 3.05) is 0 Å². The SMILES string of the molecule is O=CCCC(=O)C(=O)C(=O)CC=O. The summed E-state index contributed by atoms with van der Waals surface area (Å²) < 4.78 is 0. The molecule has 0 rings (SSSR count). The van der Waals surface area contributed by atoms with Crippen molar-refractivity contribution in [3.8, 4) is 0 Å². The van der Waals surface area contributed by atoms with Crippen LogP contribution in [0, 0.1) is 0 Å². The summed E-state index contributed by atoms with van der Waals surface area (Å²) in [5.74, 6) is -3.14. The van der Waals surface area contributed by atoms with Gasteiger partial charge in [0.15, 0.2) is 0 Å². The van der Waals surface area contributed by atoms with Crippen LogP contribution in [0.15, 0.2) is 0 Å². The van der Waals surface area contributed by atoms with Gasteiger partial charge in [0, 0.05) is 12.8 Å². The summed E-state index contributed by atoms with van der Waals surface area (Å²) in [6, 6.07) is 0. The van der Waals surface area contributed by atoms with Crippen molar-refractivity contribution in [3.05, 3.63) is 0 Å². The second-order valence-corrected chi connectivity index (χ2v) is 2.25. The summed E-state index contributed by atoms with van der Waals surface area (Å²) in [5, 5.41) is 0. The molecule has 0 atom stereocenters. The van der Waals surface area contributed by atoms with E-state index in [0.29, 0.717) is 6.29 Å². The second-order valence-electron chi connectivity index (χ2n) is 2.25. The van der Waals surface area contributed by atoms with Gasteiger partial charge in [0.1, 0.15) is 12.6 Å². The van der Waals surface area contributed by atoms with Gasteiger partial charge in [-0.3, -0.25) is 14.4 Å². The highest BCUT2D eigenvalue weighted by atomic mass is 16.2. The quantitative estimate of drug-likeness (QED) is 0.295. The number of carbonyl (C=O) groups excluding carboxylic acids is 5. The molecule has 0 fully saturated rings. The second kappa shape index (κ2) is 5.93. The molecule has 0 aliphatic carbocycles. The molecule has 5 nitrogen and oxygen atoms in total. The van der Waals surface area contributed by atoms with Crippen LogP contribution in [0.1, 0.15) is 19.3 Å². The number of aldehydes is 2. The molecule has 13 heavy (non-hydrogen) atoms. The Hall–Kier alpha value is -1.65. The van der Waals surface area contributed by atoms with Crippen LogP contribution in [0.25, 0.3) is 0 Å². The van der Waals surface area contributed by atoms with E-state index in [1.54, 1.807) is 0 Å². The Labute approximate surface area is 74.1 Å². The highest BCUT2D eigenvalue weighted by molar-refractivity contribution is 6.64. The zero-order chi connectivity index (χ0) is 10.3. The summed E-state index contributed by atoms with van der Waals surface area (Å²) in [6.45, 7) is 0. The van der Waals surface area contributed by atoms with Gasteiger partial charge >= 0.3 is 0 Å². The first-order chi connectivity index (χ1) is 6.13. The van der Waals surface area contributed by atoms with Crippen LogP contribution in [0.3, 0.4) is 0 Å². The molecule has 0 saturated heterocycles. The number of carbonyl (C=O) groups is 5. The fourth-order valence-corrected chi connectivity index (χ4v) is 0.627. The fraction of sp³-hybridized carbons (Fsp3) is 0.375. The van der Waals surface area contributed by atoms with Gasteiger partial charge in [-0.2, -0.15) is 0 Å². The smallest absolute Gasteiger partial charge is 0.264 e. The minimum absolute atomic E-state index is 0.0844. The van der Waals surface area contributed by atoms with Crippen LogP contribution < -0.4 is 0 Å². The van der Waals surface area contributed by atoms with Crippen molar-refractivity contribution >= 4 is 29.9 Å². The molecule has 0 aromatic rings. The van der Waals surface area contributed by atoms with E-state index in [1.165, 1.54) is 0 Å². The summed E-state index contributed by atoms with van der Waals surface area (Å²) >= 11 is 0. The van der Waals surface area contributed by atoms with Crippen LogP contribution in [0.4, 0.5) is 0 Å². The zero-order valence-electron chi connectivity index (χ0n) is 6.82. The van der Waals surface area contributed by atoms with Gasteiger partial charge in [-0.15, -0.1) is 0 Å². The molecule has 0 bridgehead atoms. The molecule has 0 N–H and O–H groups in total. The van der Waals surface area contributed by atoms with E-state index in [2.05, 4.69) is 0 Å². The van der Waals surface area contributed by atoms with E-state index >= 15 is 0 Å². The first-order valence-electron chi connectivity index (χ1n) is 3.61. The normalized spacial score (nSPS) is 8.92. The lowest BCUT2D eigenvalue weighted by Crippen LogP contribution is -2.23. The van der Waals surface area contributed by atoms with Crippen LogP contribution in [0.2, 0.25) is 0 Å². The van der Waals surface area contributed by atoms with Crippen molar-refractivity contribution in [2.45, 2.75) is 19.3 Å². The number of hydrogen-bond donors (Lipinski definition) is 0. The van der Waals surface area contributed by atoms with Gasteiger partial charge in [0.25, 0.3) is 5.78 Å². The van der Waals surface area contributed by atoms with E-state index in [1.807, 2.05) is 0 Å². The summed E-state index contributed by atoms with van der Waals surface area (Å²) in [4.78, 5) is 51.8. The third-order valence-corrected chi connectivity index (χ3v) is 1.26. The Morgan fingerprint density at radius 2 is 1.54 bits per heavy atom.